The van der Waals surface area contributed by atoms with E-state index in [2.05, 4.69) is 36.5 Å². The minimum absolute atomic E-state index is 0.152. The van der Waals surface area contributed by atoms with E-state index in [-0.39, 0.29) is 5.82 Å². The normalized spacial score (nSPS) is 12.3. The van der Waals surface area contributed by atoms with E-state index in [1.54, 1.807) is 6.07 Å². The van der Waals surface area contributed by atoms with Gasteiger partial charge in [-0.1, -0.05) is 43.3 Å². The van der Waals surface area contributed by atoms with Gasteiger partial charge >= 0.3 is 0 Å². The molecule has 0 heterocycles. The third-order valence-corrected chi connectivity index (χ3v) is 3.69. The molecule has 1 N–H and O–H groups in total. The van der Waals surface area contributed by atoms with Crippen molar-refractivity contribution in [2.75, 3.05) is 13.1 Å². The van der Waals surface area contributed by atoms with Crippen LogP contribution < -0.4 is 5.32 Å². The van der Waals surface area contributed by atoms with Crippen LogP contribution in [0.15, 0.2) is 48.5 Å². The molecule has 0 aliphatic heterocycles. The average Bonchev–Trinajstić information content (AvgIpc) is 2.48. The van der Waals surface area contributed by atoms with Crippen molar-refractivity contribution >= 4 is 0 Å². The third-order valence-electron chi connectivity index (χ3n) is 3.69. The zero-order valence-corrected chi connectivity index (χ0v) is 12.2. The summed E-state index contributed by atoms with van der Waals surface area (Å²) < 4.78 is 13.4. The highest BCUT2D eigenvalue weighted by molar-refractivity contribution is 5.30. The highest BCUT2D eigenvalue weighted by atomic mass is 19.1. The van der Waals surface area contributed by atoms with Crippen LogP contribution in [0.2, 0.25) is 0 Å². The van der Waals surface area contributed by atoms with Crippen LogP contribution in [-0.4, -0.2) is 13.1 Å². The first-order valence-corrected chi connectivity index (χ1v) is 7.21. The molecule has 2 aromatic rings. The van der Waals surface area contributed by atoms with Crippen molar-refractivity contribution in [3.8, 4) is 0 Å². The van der Waals surface area contributed by atoms with Gasteiger partial charge in [0.05, 0.1) is 0 Å². The fourth-order valence-corrected chi connectivity index (χ4v) is 2.48. The molecule has 2 heteroatoms. The second-order valence-electron chi connectivity index (χ2n) is 5.19. The predicted octanol–water partition coefficient (Wildman–Crippen LogP) is 4.07. The highest BCUT2D eigenvalue weighted by Crippen LogP contribution is 2.22. The molecule has 0 aliphatic rings. The maximum absolute atomic E-state index is 13.4. The zero-order chi connectivity index (χ0) is 14.4. The lowest BCUT2D eigenvalue weighted by Crippen LogP contribution is -2.23. The third kappa shape index (κ3) is 3.91. The summed E-state index contributed by atoms with van der Waals surface area (Å²) in [6.45, 7) is 6.02. The Labute approximate surface area is 120 Å². The van der Waals surface area contributed by atoms with Crippen LogP contribution in [0.4, 0.5) is 4.39 Å². The standard InChI is InChI=1S/C18H22FN/c1-3-20-13-17(15-7-5-4-6-8-15)11-16-12-18(19)10-9-14(16)2/h4-10,12,17,20H,3,11,13H2,1-2H3. The first-order chi connectivity index (χ1) is 9.70. The number of benzene rings is 2. The molecule has 2 aromatic carbocycles. The molecule has 0 saturated carbocycles. The lowest BCUT2D eigenvalue weighted by Gasteiger charge is -2.19. The Morgan fingerprint density at radius 3 is 2.55 bits per heavy atom. The van der Waals surface area contributed by atoms with E-state index in [4.69, 9.17) is 0 Å². The van der Waals surface area contributed by atoms with Gasteiger partial charge in [0.25, 0.3) is 0 Å². The van der Waals surface area contributed by atoms with Crippen LogP contribution in [0.25, 0.3) is 0 Å². The van der Waals surface area contributed by atoms with Gasteiger partial charge in [-0.2, -0.15) is 0 Å². The first kappa shape index (κ1) is 14.7. The summed E-state index contributed by atoms with van der Waals surface area (Å²) in [6.07, 6.45) is 0.862. The fourth-order valence-electron chi connectivity index (χ4n) is 2.48. The van der Waals surface area contributed by atoms with Gasteiger partial charge in [-0.15, -0.1) is 0 Å². The van der Waals surface area contributed by atoms with Gasteiger partial charge in [-0.05, 0) is 48.7 Å². The van der Waals surface area contributed by atoms with E-state index < -0.39 is 0 Å². The quantitative estimate of drug-likeness (QED) is 0.835. The average molecular weight is 271 g/mol. The maximum atomic E-state index is 13.4. The minimum Gasteiger partial charge on any atom is -0.316 e. The number of hydrogen-bond acceptors (Lipinski definition) is 1. The van der Waals surface area contributed by atoms with Gasteiger partial charge in [0.1, 0.15) is 5.82 Å². The van der Waals surface area contributed by atoms with Crippen molar-refractivity contribution in [3.63, 3.8) is 0 Å². The fraction of sp³-hybridized carbons (Fsp3) is 0.333. The predicted molar refractivity (Wildman–Crippen MR) is 82.6 cm³/mol. The molecule has 0 fully saturated rings. The smallest absolute Gasteiger partial charge is 0.123 e. The second kappa shape index (κ2) is 7.20. The molecular formula is C18H22FN. The molecule has 0 bridgehead atoms. The van der Waals surface area contributed by atoms with Crippen LogP contribution in [0.5, 0.6) is 0 Å². The number of likely N-dealkylation sites (N-methyl/N-ethyl adjacent to an activating group) is 1. The van der Waals surface area contributed by atoms with Crippen molar-refractivity contribution in [1.82, 2.24) is 5.32 Å². The van der Waals surface area contributed by atoms with E-state index in [0.717, 1.165) is 30.6 Å². The van der Waals surface area contributed by atoms with Crippen molar-refractivity contribution in [2.45, 2.75) is 26.2 Å². The van der Waals surface area contributed by atoms with Crippen LogP contribution in [0, 0.1) is 12.7 Å². The van der Waals surface area contributed by atoms with Gasteiger partial charge in [0.15, 0.2) is 0 Å². The summed E-state index contributed by atoms with van der Waals surface area (Å²) in [4.78, 5) is 0. The van der Waals surface area contributed by atoms with E-state index in [1.165, 1.54) is 11.6 Å². The van der Waals surface area contributed by atoms with Crippen molar-refractivity contribution < 1.29 is 4.39 Å². The zero-order valence-electron chi connectivity index (χ0n) is 12.2. The molecule has 0 saturated heterocycles. The molecule has 0 aliphatic carbocycles. The molecular weight excluding hydrogens is 249 g/mol. The summed E-state index contributed by atoms with van der Waals surface area (Å²) in [6, 6.07) is 15.5. The lowest BCUT2D eigenvalue weighted by molar-refractivity contribution is 0.587. The van der Waals surface area contributed by atoms with Crippen molar-refractivity contribution in [1.29, 1.82) is 0 Å². The van der Waals surface area contributed by atoms with Gasteiger partial charge in [-0.25, -0.2) is 4.39 Å². The Hall–Kier alpha value is -1.67. The Balaban J connectivity index is 2.21. The van der Waals surface area contributed by atoms with Crippen LogP contribution in [-0.2, 0) is 6.42 Å². The van der Waals surface area contributed by atoms with Crippen LogP contribution >= 0.6 is 0 Å². The molecule has 2 rings (SSSR count). The SMILES string of the molecule is CCNCC(Cc1cc(F)ccc1C)c1ccccc1. The number of rotatable bonds is 6. The number of nitrogens with one attached hydrogen (secondary N) is 1. The molecule has 0 radical (unpaired) electrons. The maximum Gasteiger partial charge on any atom is 0.123 e. The molecule has 0 amide bonds. The highest BCUT2D eigenvalue weighted by Gasteiger charge is 2.13. The van der Waals surface area contributed by atoms with Crippen LogP contribution in [0.1, 0.15) is 29.5 Å². The van der Waals surface area contributed by atoms with Gasteiger partial charge in [0.2, 0.25) is 0 Å². The molecule has 0 spiro atoms. The second-order valence-corrected chi connectivity index (χ2v) is 5.19. The summed E-state index contributed by atoms with van der Waals surface area (Å²) in [7, 11) is 0. The van der Waals surface area contributed by atoms with E-state index in [0.29, 0.717) is 5.92 Å². The van der Waals surface area contributed by atoms with Crippen molar-refractivity contribution in [2.24, 2.45) is 0 Å². The van der Waals surface area contributed by atoms with Gasteiger partial charge in [-0.3, -0.25) is 0 Å². The Bertz CT molecular complexity index is 536. The molecule has 1 nitrogen and oxygen atoms in total. The monoisotopic (exact) mass is 271 g/mol. The Morgan fingerprint density at radius 1 is 1.10 bits per heavy atom. The van der Waals surface area contributed by atoms with Gasteiger partial charge in [0, 0.05) is 12.5 Å². The topological polar surface area (TPSA) is 12.0 Å². The number of aryl methyl sites for hydroxylation is 1. The summed E-state index contributed by atoms with van der Waals surface area (Å²) in [5.41, 5.74) is 3.55. The largest absolute Gasteiger partial charge is 0.316 e. The molecule has 1 atom stereocenters. The lowest BCUT2D eigenvalue weighted by atomic mass is 9.90. The van der Waals surface area contributed by atoms with Crippen LogP contribution in [0.3, 0.4) is 0 Å². The molecule has 106 valence electrons. The minimum atomic E-state index is -0.152. The van der Waals surface area contributed by atoms with Crippen molar-refractivity contribution in [3.05, 3.63) is 71.0 Å². The summed E-state index contributed by atoms with van der Waals surface area (Å²) >= 11 is 0. The number of hydrogen-bond donors (Lipinski definition) is 1. The van der Waals surface area contributed by atoms with Gasteiger partial charge < -0.3 is 5.32 Å². The van der Waals surface area contributed by atoms with E-state index in [9.17, 15) is 4.39 Å². The van der Waals surface area contributed by atoms with E-state index >= 15 is 0 Å². The molecule has 0 aromatic heterocycles. The Morgan fingerprint density at radius 2 is 1.85 bits per heavy atom. The summed E-state index contributed by atoms with van der Waals surface area (Å²) in [5, 5.41) is 3.41. The summed E-state index contributed by atoms with van der Waals surface area (Å²) in [5.74, 6) is 0.220. The molecule has 20 heavy (non-hydrogen) atoms. The molecule has 1 unspecified atom stereocenters. The first-order valence-electron chi connectivity index (χ1n) is 7.21. The van der Waals surface area contributed by atoms with E-state index in [1.807, 2.05) is 19.1 Å². The Kier molecular flexibility index (Phi) is 5.31. The number of halogens is 1.